The van der Waals surface area contributed by atoms with Crippen molar-refractivity contribution in [1.82, 2.24) is 9.80 Å². The predicted molar refractivity (Wildman–Crippen MR) is 97.5 cm³/mol. The Bertz CT molecular complexity index is 648. The van der Waals surface area contributed by atoms with Crippen molar-refractivity contribution in [3.63, 3.8) is 0 Å². The zero-order valence-electron chi connectivity index (χ0n) is 14.6. The Labute approximate surface area is 148 Å². The van der Waals surface area contributed by atoms with Gasteiger partial charge in [0.2, 0.25) is 5.91 Å². The molecule has 6 heteroatoms. The first kappa shape index (κ1) is 17.4. The van der Waals surface area contributed by atoms with Crippen LogP contribution in [0.1, 0.15) is 42.2 Å². The second-order valence-electron chi connectivity index (χ2n) is 6.97. The number of rotatable bonds is 4. The van der Waals surface area contributed by atoms with E-state index in [0.29, 0.717) is 18.0 Å². The largest absolute Gasteiger partial charge is 0.317 e. The summed E-state index contributed by atoms with van der Waals surface area (Å²) in [6.07, 6.45) is 4.84. The molecule has 1 aromatic rings. The van der Waals surface area contributed by atoms with Gasteiger partial charge < -0.3 is 10.2 Å². The highest BCUT2D eigenvalue weighted by atomic mass is 32.1. The molecule has 1 aliphatic carbocycles. The molecule has 1 N–H and O–H groups in total. The molecule has 0 saturated carbocycles. The lowest BCUT2D eigenvalue weighted by atomic mass is 9.96. The number of carbonyl (C=O) groups excluding carboxylic acids is 1. The first-order valence-electron chi connectivity index (χ1n) is 8.85. The van der Waals surface area contributed by atoms with Crippen molar-refractivity contribution in [3.05, 3.63) is 16.0 Å². The van der Waals surface area contributed by atoms with Crippen molar-refractivity contribution in [1.29, 1.82) is 5.26 Å². The van der Waals surface area contributed by atoms with Crippen molar-refractivity contribution in [2.75, 3.05) is 38.5 Å². The Morgan fingerprint density at radius 3 is 2.92 bits per heavy atom. The van der Waals surface area contributed by atoms with E-state index < -0.39 is 0 Å². The van der Waals surface area contributed by atoms with Gasteiger partial charge in [0.25, 0.3) is 0 Å². The molecule has 0 spiro atoms. The first-order chi connectivity index (χ1) is 11.6. The van der Waals surface area contributed by atoms with Crippen molar-refractivity contribution in [2.45, 2.75) is 45.1 Å². The summed E-state index contributed by atoms with van der Waals surface area (Å²) in [5.41, 5.74) is 1.88. The molecule has 1 aliphatic heterocycles. The summed E-state index contributed by atoms with van der Waals surface area (Å²) < 4.78 is 0. The molecule has 130 valence electrons. The number of anilines is 1. The van der Waals surface area contributed by atoms with Crippen LogP contribution in [0.2, 0.25) is 0 Å². The van der Waals surface area contributed by atoms with Crippen molar-refractivity contribution >= 4 is 22.2 Å². The topological polar surface area (TPSA) is 59.4 Å². The minimum Gasteiger partial charge on any atom is -0.317 e. The van der Waals surface area contributed by atoms with Crippen LogP contribution in [0.25, 0.3) is 0 Å². The number of hydrogen-bond acceptors (Lipinski definition) is 5. The Hall–Kier alpha value is -1.42. The second-order valence-corrected chi connectivity index (χ2v) is 8.08. The van der Waals surface area contributed by atoms with Gasteiger partial charge in [-0.3, -0.25) is 9.69 Å². The summed E-state index contributed by atoms with van der Waals surface area (Å²) >= 11 is 1.60. The lowest BCUT2D eigenvalue weighted by Gasteiger charge is -2.38. The van der Waals surface area contributed by atoms with Gasteiger partial charge in [-0.2, -0.15) is 5.26 Å². The molecule has 0 aromatic carbocycles. The standard InChI is InChI=1S/C18H26N4OS/c1-13-12-21(2)9-10-22(13)8-7-17(23)20-18-15(11-19)14-5-3-4-6-16(14)24-18/h13H,3-10,12H2,1-2H3,(H,20,23)/t13-/m1/s1. The van der Waals surface area contributed by atoms with Gasteiger partial charge in [-0.25, -0.2) is 0 Å². The summed E-state index contributed by atoms with van der Waals surface area (Å²) in [6.45, 7) is 6.13. The molecule has 3 rings (SSSR count). The van der Waals surface area contributed by atoms with Gasteiger partial charge in [0, 0.05) is 43.5 Å². The molecule has 1 atom stereocenters. The van der Waals surface area contributed by atoms with Gasteiger partial charge in [0.1, 0.15) is 11.1 Å². The average Bonchev–Trinajstić information content (AvgIpc) is 2.90. The van der Waals surface area contributed by atoms with Gasteiger partial charge in [-0.05, 0) is 45.2 Å². The molecule has 1 amide bonds. The predicted octanol–water partition coefficient (Wildman–Crippen LogP) is 2.46. The maximum absolute atomic E-state index is 12.4. The number of likely N-dealkylation sites (N-methyl/N-ethyl adjacent to an activating group) is 1. The van der Waals surface area contributed by atoms with Gasteiger partial charge in [-0.15, -0.1) is 11.3 Å². The van der Waals surface area contributed by atoms with E-state index in [-0.39, 0.29) is 5.91 Å². The minimum atomic E-state index is 0.0243. The van der Waals surface area contributed by atoms with E-state index in [1.807, 2.05) is 0 Å². The second kappa shape index (κ2) is 7.64. The van der Waals surface area contributed by atoms with Gasteiger partial charge in [0.05, 0.1) is 5.56 Å². The average molecular weight is 347 g/mol. The van der Waals surface area contributed by atoms with Crippen LogP contribution in [0, 0.1) is 11.3 Å². The van der Waals surface area contributed by atoms with Crippen LogP contribution in [0.5, 0.6) is 0 Å². The third-order valence-electron chi connectivity index (χ3n) is 5.13. The van der Waals surface area contributed by atoms with Crippen LogP contribution in [0.4, 0.5) is 5.00 Å². The van der Waals surface area contributed by atoms with Gasteiger partial charge >= 0.3 is 0 Å². The number of fused-ring (bicyclic) bond motifs is 1. The first-order valence-corrected chi connectivity index (χ1v) is 9.67. The molecule has 1 saturated heterocycles. The number of carbonyl (C=O) groups is 1. The molecule has 0 bridgehead atoms. The number of nitriles is 1. The molecule has 0 radical (unpaired) electrons. The highest BCUT2D eigenvalue weighted by molar-refractivity contribution is 7.16. The molecule has 0 unspecified atom stereocenters. The smallest absolute Gasteiger partial charge is 0.226 e. The Kier molecular flexibility index (Phi) is 5.54. The number of aryl methyl sites for hydroxylation is 1. The van der Waals surface area contributed by atoms with E-state index in [1.54, 1.807) is 11.3 Å². The Morgan fingerprint density at radius 2 is 2.17 bits per heavy atom. The molecule has 24 heavy (non-hydrogen) atoms. The van der Waals surface area contributed by atoms with Gasteiger partial charge in [-0.1, -0.05) is 0 Å². The summed E-state index contributed by atoms with van der Waals surface area (Å²) in [7, 11) is 2.14. The molecule has 1 fully saturated rings. The van der Waals surface area contributed by atoms with E-state index in [2.05, 4.69) is 35.2 Å². The fourth-order valence-electron chi connectivity index (χ4n) is 3.72. The van der Waals surface area contributed by atoms with E-state index >= 15 is 0 Å². The zero-order valence-corrected chi connectivity index (χ0v) is 15.4. The molecular formula is C18H26N4OS. The van der Waals surface area contributed by atoms with Crippen LogP contribution >= 0.6 is 11.3 Å². The number of nitrogens with zero attached hydrogens (tertiary/aromatic N) is 3. The number of hydrogen-bond donors (Lipinski definition) is 1. The van der Waals surface area contributed by atoms with Crippen molar-refractivity contribution in [3.8, 4) is 6.07 Å². The number of piperazine rings is 1. The normalized spacial score (nSPS) is 22.0. The van der Waals surface area contributed by atoms with Crippen LogP contribution in [0.3, 0.4) is 0 Å². The van der Waals surface area contributed by atoms with E-state index in [0.717, 1.165) is 50.4 Å². The summed E-state index contributed by atoms with van der Waals surface area (Å²) in [6, 6.07) is 2.79. The third kappa shape index (κ3) is 3.80. The number of thiophene rings is 1. The fraction of sp³-hybridized carbons (Fsp3) is 0.667. The maximum Gasteiger partial charge on any atom is 0.226 e. The van der Waals surface area contributed by atoms with E-state index in [1.165, 1.54) is 16.9 Å². The third-order valence-corrected chi connectivity index (χ3v) is 6.34. The molecule has 5 nitrogen and oxygen atoms in total. The SMILES string of the molecule is C[C@@H]1CN(C)CCN1CCC(=O)Nc1sc2c(c1C#N)CCCC2. The fourth-order valence-corrected chi connectivity index (χ4v) is 4.97. The van der Waals surface area contributed by atoms with Crippen molar-refractivity contribution < 1.29 is 4.79 Å². The highest BCUT2D eigenvalue weighted by Crippen LogP contribution is 2.37. The van der Waals surface area contributed by atoms with Crippen LogP contribution in [0.15, 0.2) is 0 Å². The minimum absolute atomic E-state index is 0.0243. The monoisotopic (exact) mass is 346 g/mol. The molecule has 1 aromatic heterocycles. The summed E-state index contributed by atoms with van der Waals surface area (Å²) in [5.74, 6) is 0.0243. The summed E-state index contributed by atoms with van der Waals surface area (Å²) in [4.78, 5) is 18.4. The highest BCUT2D eigenvalue weighted by Gasteiger charge is 2.24. The molecular weight excluding hydrogens is 320 g/mol. The van der Waals surface area contributed by atoms with Crippen LogP contribution < -0.4 is 5.32 Å². The Balaban J connectivity index is 1.57. The maximum atomic E-state index is 12.4. The van der Waals surface area contributed by atoms with Crippen LogP contribution in [-0.2, 0) is 17.6 Å². The lowest BCUT2D eigenvalue weighted by Crippen LogP contribution is -2.50. The van der Waals surface area contributed by atoms with E-state index in [9.17, 15) is 10.1 Å². The molecule has 2 aliphatic rings. The molecule has 2 heterocycles. The summed E-state index contributed by atoms with van der Waals surface area (Å²) in [5, 5.41) is 13.2. The Morgan fingerprint density at radius 1 is 1.38 bits per heavy atom. The lowest BCUT2D eigenvalue weighted by molar-refractivity contribution is -0.116. The zero-order chi connectivity index (χ0) is 17.1. The number of nitrogens with one attached hydrogen (secondary N) is 1. The van der Waals surface area contributed by atoms with Crippen molar-refractivity contribution in [2.24, 2.45) is 0 Å². The van der Waals surface area contributed by atoms with E-state index in [4.69, 9.17) is 0 Å². The number of amides is 1. The van der Waals surface area contributed by atoms with Crippen LogP contribution in [-0.4, -0.2) is 55.0 Å². The van der Waals surface area contributed by atoms with Gasteiger partial charge in [0.15, 0.2) is 0 Å². The quantitative estimate of drug-likeness (QED) is 0.910.